The molecule has 1 aromatic carbocycles. The van der Waals surface area contributed by atoms with E-state index in [1.54, 1.807) is 18.2 Å². The number of halogens is 1. The molecule has 78 valence electrons. The molecule has 16 heavy (non-hydrogen) atoms. The number of aromatic nitrogens is 1. The van der Waals surface area contributed by atoms with Gasteiger partial charge in [0.05, 0.1) is 0 Å². The lowest BCUT2D eigenvalue weighted by Gasteiger charge is -2.07. The number of nitrogens with two attached hydrogens (primary N) is 1. The standard InChI is InChI=1S/C12H8FN3/c13-9-4-1-5-10(15)12(9)8-3-2-6-16-11(8)7-14/h1-6H,15H2. The summed E-state index contributed by atoms with van der Waals surface area (Å²) >= 11 is 0. The molecule has 0 bridgehead atoms. The van der Waals surface area contributed by atoms with Crippen LogP contribution >= 0.6 is 0 Å². The molecule has 0 fully saturated rings. The number of pyridine rings is 1. The number of nitriles is 1. The van der Waals surface area contributed by atoms with Crippen LogP contribution in [-0.2, 0) is 0 Å². The molecule has 0 saturated carbocycles. The van der Waals surface area contributed by atoms with Gasteiger partial charge in [-0.3, -0.25) is 0 Å². The van der Waals surface area contributed by atoms with Crippen molar-refractivity contribution in [1.82, 2.24) is 4.98 Å². The summed E-state index contributed by atoms with van der Waals surface area (Å²) in [6.07, 6.45) is 1.49. The number of benzene rings is 1. The molecule has 0 spiro atoms. The number of hydrogen-bond donors (Lipinski definition) is 1. The van der Waals surface area contributed by atoms with E-state index in [1.165, 1.54) is 18.3 Å². The van der Waals surface area contributed by atoms with Crippen molar-refractivity contribution >= 4 is 5.69 Å². The van der Waals surface area contributed by atoms with Gasteiger partial charge in [-0.1, -0.05) is 6.07 Å². The van der Waals surface area contributed by atoms with E-state index < -0.39 is 5.82 Å². The van der Waals surface area contributed by atoms with Crippen LogP contribution in [0.5, 0.6) is 0 Å². The van der Waals surface area contributed by atoms with Gasteiger partial charge in [-0.15, -0.1) is 0 Å². The summed E-state index contributed by atoms with van der Waals surface area (Å²) in [5.74, 6) is -0.454. The topological polar surface area (TPSA) is 62.7 Å². The maximum Gasteiger partial charge on any atom is 0.148 e. The van der Waals surface area contributed by atoms with Gasteiger partial charge in [-0.2, -0.15) is 5.26 Å². The molecule has 3 nitrogen and oxygen atoms in total. The zero-order chi connectivity index (χ0) is 11.5. The maximum atomic E-state index is 13.6. The lowest BCUT2D eigenvalue weighted by Crippen LogP contribution is -1.96. The number of nitrogen functional groups attached to an aromatic ring is 1. The van der Waals surface area contributed by atoms with Crippen LogP contribution in [0.25, 0.3) is 11.1 Å². The van der Waals surface area contributed by atoms with Crippen LogP contribution in [0.1, 0.15) is 5.69 Å². The number of rotatable bonds is 1. The number of nitrogens with zero attached hydrogens (tertiary/aromatic N) is 2. The Kier molecular flexibility index (Phi) is 2.52. The minimum atomic E-state index is -0.454. The van der Waals surface area contributed by atoms with Gasteiger partial charge in [0, 0.05) is 23.0 Å². The van der Waals surface area contributed by atoms with Gasteiger partial charge in [-0.25, -0.2) is 9.37 Å². The molecule has 1 aromatic heterocycles. The molecule has 2 rings (SSSR count). The van der Waals surface area contributed by atoms with Gasteiger partial charge in [0.2, 0.25) is 0 Å². The Morgan fingerprint density at radius 2 is 2.06 bits per heavy atom. The lowest BCUT2D eigenvalue weighted by molar-refractivity contribution is 0.632. The van der Waals surface area contributed by atoms with Crippen molar-refractivity contribution in [2.75, 3.05) is 5.73 Å². The fraction of sp³-hybridized carbons (Fsp3) is 0. The molecular weight excluding hydrogens is 205 g/mol. The lowest BCUT2D eigenvalue weighted by atomic mass is 10.0. The monoisotopic (exact) mass is 213 g/mol. The summed E-state index contributed by atoms with van der Waals surface area (Å²) in [5.41, 5.74) is 6.81. The van der Waals surface area contributed by atoms with Gasteiger partial charge in [-0.05, 0) is 24.3 Å². The van der Waals surface area contributed by atoms with E-state index in [9.17, 15) is 4.39 Å². The van der Waals surface area contributed by atoms with E-state index in [1.807, 2.05) is 6.07 Å². The van der Waals surface area contributed by atoms with Gasteiger partial charge < -0.3 is 5.73 Å². The molecule has 0 unspecified atom stereocenters. The van der Waals surface area contributed by atoms with Crippen LogP contribution in [0.15, 0.2) is 36.5 Å². The fourth-order valence-electron chi connectivity index (χ4n) is 1.52. The minimum absolute atomic E-state index is 0.166. The first kappa shape index (κ1) is 10.1. The van der Waals surface area contributed by atoms with Crippen molar-refractivity contribution in [3.63, 3.8) is 0 Å². The smallest absolute Gasteiger partial charge is 0.148 e. The second-order valence-electron chi connectivity index (χ2n) is 3.22. The first-order valence-corrected chi connectivity index (χ1v) is 4.63. The summed E-state index contributed by atoms with van der Waals surface area (Å²) in [6, 6.07) is 9.60. The molecule has 0 saturated heterocycles. The molecule has 0 amide bonds. The van der Waals surface area contributed by atoms with Crippen LogP contribution in [0, 0.1) is 17.1 Å². The van der Waals surface area contributed by atoms with E-state index in [0.29, 0.717) is 11.3 Å². The minimum Gasteiger partial charge on any atom is -0.398 e. The molecule has 2 N–H and O–H groups in total. The predicted molar refractivity (Wildman–Crippen MR) is 58.8 cm³/mol. The second kappa shape index (κ2) is 3.99. The second-order valence-corrected chi connectivity index (χ2v) is 3.22. The fourth-order valence-corrected chi connectivity index (χ4v) is 1.52. The molecular formula is C12H8FN3. The Hall–Kier alpha value is -2.41. The third-order valence-corrected chi connectivity index (χ3v) is 2.23. The summed E-state index contributed by atoms with van der Waals surface area (Å²) in [4.78, 5) is 3.87. The van der Waals surface area contributed by atoms with Gasteiger partial charge in [0.15, 0.2) is 0 Å². The Bertz CT molecular complexity index is 552. The zero-order valence-electron chi connectivity index (χ0n) is 8.31. The first-order chi connectivity index (χ1) is 7.74. The van der Waals surface area contributed by atoms with Gasteiger partial charge >= 0.3 is 0 Å². The normalized spacial score (nSPS) is 9.75. The molecule has 2 aromatic rings. The summed E-state index contributed by atoms with van der Waals surface area (Å²) in [5, 5.41) is 8.89. The molecule has 0 radical (unpaired) electrons. The molecule has 0 aliphatic rings. The van der Waals surface area contributed by atoms with Crippen LogP contribution in [0.2, 0.25) is 0 Å². The number of anilines is 1. The highest BCUT2D eigenvalue weighted by atomic mass is 19.1. The Morgan fingerprint density at radius 3 is 2.75 bits per heavy atom. The molecule has 0 aliphatic heterocycles. The molecule has 0 aliphatic carbocycles. The maximum absolute atomic E-state index is 13.6. The average Bonchev–Trinajstić information content (AvgIpc) is 2.29. The van der Waals surface area contributed by atoms with E-state index in [2.05, 4.69) is 4.98 Å². The van der Waals surface area contributed by atoms with E-state index in [0.717, 1.165) is 0 Å². The van der Waals surface area contributed by atoms with E-state index in [-0.39, 0.29) is 11.3 Å². The third-order valence-electron chi connectivity index (χ3n) is 2.23. The molecule has 4 heteroatoms. The highest BCUT2D eigenvalue weighted by Gasteiger charge is 2.12. The van der Waals surface area contributed by atoms with E-state index in [4.69, 9.17) is 11.0 Å². The van der Waals surface area contributed by atoms with Crippen LogP contribution < -0.4 is 5.73 Å². The van der Waals surface area contributed by atoms with Crippen molar-refractivity contribution in [2.24, 2.45) is 0 Å². The summed E-state index contributed by atoms with van der Waals surface area (Å²) in [6.45, 7) is 0. The highest BCUT2D eigenvalue weighted by molar-refractivity contribution is 5.79. The summed E-state index contributed by atoms with van der Waals surface area (Å²) in [7, 11) is 0. The van der Waals surface area contributed by atoms with Crippen molar-refractivity contribution in [3.8, 4) is 17.2 Å². The van der Waals surface area contributed by atoms with Crippen LogP contribution in [-0.4, -0.2) is 4.98 Å². The zero-order valence-corrected chi connectivity index (χ0v) is 8.31. The van der Waals surface area contributed by atoms with Crippen LogP contribution in [0.3, 0.4) is 0 Å². The largest absolute Gasteiger partial charge is 0.398 e. The third kappa shape index (κ3) is 1.59. The quantitative estimate of drug-likeness (QED) is 0.739. The molecule has 1 heterocycles. The predicted octanol–water partition coefficient (Wildman–Crippen LogP) is 2.34. The Morgan fingerprint density at radius 1 is 1.25 bits per heavy atom. The number of hydrogen-bond acceptors (Lipinski definition) is 3. The first-order valence-electron chi connectivity index (χ1n) is 4.63. The van der Waals surface area contributed by atoms with E-state index >= 15 is 0 Å². The van der Waals surface area contributed by atoms with Gasteiger partial charge in [0.1, 0.15) is 17.6 Å². The van der Waals surface area contributed by atoms with Crippen molar-refractivity contribution in [2.45, 2.75) is 0 Å². The SMILES string of the molecule is N#Cc1ncccc1-c1c(N)cccc1F. The van der Waals surface area contributed by atoms with Crippen molar-refractivity contribution < 1.29 is 4.39 Å². The van der Waals surface area contributed by atoms with Crippen molar-refractivity contribution in [3.05, 3.63) is 48.0 Å². The average molecular weight is 213 g/mol. The van der Waals surface area contributed by atoms with Crippen molar-refractivity contribution in [1.29, 1.82) is 5.26 Å². The Labute approximate surface area is 92.0 Å². The van der Waals surface area contributed by atoms with Crippen LogP contribution in [0.4, 0.5) is 10.1 Å². The Balaban J connectivity index is 2.73. The highest BCUT2D eigenvalue weighted by Crippen LogP contribution is 2.30. The summed E-state index contributed by atoms with van der Waals surface area (Å²) < 4.78 is 13.6. The van der Waals surface area contributed by atoms with Gasteiger partial charge in [0.25, 0.3) is 0 Å². The molecule has 0 atom stereocenters.